The minimum atomic E-state index is -1.10. The number of nitrogens with zero attached hydrogens (tertiary/aromatic N) is 1. The maximum atomic E-state index is 13.2. The van der Waals surface area contributed by atoms with Crippen LogP contribution in [0.15, 0.2) is 18.2 Å². The van der Waals surface area contributed by atoms with E-state index in [0.29, 0.717) is 0 Å². The molecule has 1 aromatic carbocycles. The van der Waals surface area contributed by atoms with E-state index in [0.717, 1.165) is 17.0 Å². The van der Waals surface area contributed by atoms with Gasteiger partial charge >= 0.3 is 6.09 Å². The summed E-state index contributed by atoms with van der Waals surface area (Å²) in [5.74, 6) is -2.63. The Morgan fingerprint density at radius 3 is 2.24 bits per heavy atom. The zero-order valence-electron chi connectivity index (χ0n) is 12.7. The number of benzene rings is 1. The molecule has 0 bridgehead atoms. The lowest BCUT2D eigenvalue weighted by Crippen LogP contribution is -2.43. The van der Waals surface area contributed by atoms with E-state index in [1.54, 1.807) is 20.8 Å². The number of halogens is 2. The fraction of sp³-hybridized carbons (Fsp3) is 0.467. The Morgan fingerprint density at radius 1 is 1.19 bits per heavy atom. The van der Waals surface area contributed by atoms with E-state index in [2.05, 4.69) is 0 Å². The van der Waals surface area contributed by atoms with Gasteiger partial charge in [-0.15, -0.1) is 0 Å². The first-order valence-electron chi connectivity index (χ1n) is 6.48. The van der Waals surface area contributed by atoms with Crippen molar-refractivity contribution in [2.24, 2.45) is 0 Å². The second-order valence-electron chi connectivity index (χ2n) is 5.76. The first kappa shape index (κ1) is 17.1. The van der Waals surface area contributed by atoms with Crippen LogP contribution in [-0.4, -0.2) is 35.5 Å². The minimum absolute atomic E-state index is 0.00295. The van der Waals surface area contributed by atoms with Crippen LogP contribution in [0, 0.1) is 11.6 Å². The molecule has 0 fully saturated rings. The standard InChI is InChI=1S/C15H19F2NO3/c1-9(18(5)14(20)21-15(2,3)4)13(19)10-6-7-11(16)12(17)8-10/h6-9H,1-5H3. The van der Waals surface area contributed by atoms with E-state index in [-0.39, 0.29) is 5.56 Å². The van der Waals surface area contributed by atoms with Crippen molar-refractivity contribution in [3.63, 3.8) is 0 Å². The maximum Gasteiger partial charge on any atom is 0.410 e. The molecule has 1 unspecified atom stereocenters. The highest BCUT2D eigenvalue weighted by molar-refractivity contribution is 6.01. The highest BCUT2D eigenvalue weighted by Gasteiger charge is 2.27. The lowest BCUT2D eigenvalue weighted by molar-refractivity contribution is 0.0231. The van der Waals surface area contributed by atoms with Crippen molar-refractivity contribution in [2.75, 3.05) is 7.05 Å². The van der Waals surface area contributed by atoms with Gasteiger partial charge in [0.2, 0.25) is 0 Å². The van der Waals surface area contributed by atoms with Gasteiger partial charge in [-0.3, -0.25) is 4.79 Å². The molecule has 0 aromatic heterocycles. The van der Waals surface area contributed by atoms with Gasteiger partial charge in [-0.25, -0.2) is 13.6 Å². The van der Waals surface area contributed by atoms with Crippen LogP contribution in [0.3, 0.4) is 0 Å². The van der Waals surface area contributed by atoms with Crippen LogP contribution < -0.4 is 0 Å². The summed E-state index contributed by atoms with van der Waals surface area (Å²) in [5.41, 5.74) is -0.687. The molecule has 0 aliphatic heterocycles. The molecule has 116 valence electrons. The Kier molecular flexibility index (Phi) is 5.04. The molecule has 0 heterocycles. The molecule has 0 spiro atoms. The molecular formula is C15H19F2NO3. The zero-order valence-corrected chi connectivity index (χ0v) is 12.7. The Bertz CT molecular complexity index is 552. The molecule has 0 aliphatic rings. The molecule has 21 heavy (non-hydrogen) atoms. The van der Waals surface area contributed by atoms with Gasteiger partial charge in [-0.2, -0.15) is 0 Å². The number of hydrogen-bond acceptors (Lipinski definition) is 3. The van der Waals surface area contributed by atoms with E-state index in [4.69, 9.17) is 4.74 Å². The van der Waals surface area contributed by atoms with Crippen molar-refractivity contribution in [3.8, 4) is 0 Å². The Labute approximate surface area is 122 Å². The van der Waals surface area contributed by atoms with Crippen molar-refractivity contribution in [2.45, 2.75) is 39.3 Å². The van der Waals surface area contributed by atoms with Crippen LogP contribution in [0.1, 0.15) is 38.1 Å². The summed E-state index contributed by atoms with van der Waals surface area (Å²) < 4.78 is 31.2. The molecule has 0 N–H and O–H groups in total. The summed E-state index contributed by atoms with van der Waals surface area (Å²) in [6, 6.07) is 2.02. The van der Waals surface area contributed by atoms with Gasteiger partial charge < -0.3 is 9.64 Å². The fourth-order valence-electron chi connectivity index (χ4n) is 1.56. The van der Waals surface area contributed by atoms with E-state index >= 15 is 0 Å². The summed E-state index contributed by atoms with van der Waals surface area (Å²) in [6.45, 7) is 6.62. The molecular weight excluding hydrogens is 280 g/mol. The first-order valence-corrected chi connectivity index (χ1v) is 6.48. The van der Waals surface area contributed by atoms with E-state index < -0.39 is 35.2 Å². The van der Waals surface area contributed by atoms with Crippen molar-refractivity contribution in [3.05, 3.63) is 35.4 Å². The summed E-state index contributed by atoms with van der Waals surface area (Å²) >= 11 is 0. The predicted octanol–water partition coefficient (Wildman–Crippen LogP) is 3.40. The number of hydrogen-bond donors (Lipinski definition) is 0. The van der Waals surface area contributed by atoms with E-state index in [1.165, 1.54) is 20.0 Å². The smallest absolute Gasteiger partial charge is 0.410 e. The summed E-state index contributed by atoms with van der Waals surface area (Å²) in [5, 5.41) is 0. The van der Waals surface area contributed by atoms with Gasteiger partial charge in [-0.05, 0) is 45.9 Å². The lowest BCUT2D eigenvalue weighted by Gasteiger charge is -2.28. The third-order valence-corrected chi connectivity index (χ3v) is 2.85. The largest absolute Gasteiger partial charge is 0.444 e. The second kappa shape index (κ2) is 6.20. The van der Waals surface area contributed by atoms with Gasteiger partial charge in [0.25, 0.3) is 0 Å². The molecule has 1 amide bonds. The number of carbonyl (C=O) groups excluding carboxylic acids is 2. The van der Waals surface area contributed by atoms with Crippen molar-refractivity contribution < 1.29 is 23.1 Å². The number of amides is 1. The third kappa shape index (κ3) is 4.51. The fourth-order valence-corrected chi connectivity index (χ4v) is 1.56. The van der Waals surface area contributed by atoms with Crippen molar-refractivity contribution in [1.29, 1.82) is 0 Å². The number of Topliss-reactive ketones (excluding diaryl/α,β-unsaturated/α-hetero) is 1. The van der Waals surface area contributed by atoms with Crippen LogP contribution >= 0.6 is 0 Å². The summed E-state index contributed by atoms with van der Waals surface area (Å²) in [4.78, 5) is 25.2. The average Bonchev–Trinajstić information content (AvgIpc) is 2.37. The second-order valence-corrected chi connectivity index (χ2v) is 5.76. The molecule has 0 aliphatic carbocycles. The highest BCUT2D eigenvalue weighted by Crippen LogP contribution is 2.15. The van der Waals surface area contributed by atoms with Crippen LogP contribution in [0.4, 0.5) is 13.6 Å². The van der Waals surface area contributed by atoms with Gasteiger partial charge in [0.15, 0.2) is 17.4 Å². The van der Waals surface area contributed by atoms with Gasteiger partial charge in [0, 0.05) is 12.6 Å². The molecule has 0 saturated heterocycles. The third-order valence-electron chi connectivity index (χ3n) is 2.85. The minimum Gasteiger partial charge on any atom is -0.444 e. The van der Waals surface area contributed by atoms with E-state index in [1.807, 2.05) is 0 Å². The topological polar surface area (TPSA) is 46.6 Å². The monoisotopic (exact) mass is 299 g/mol. The quantitative estimate of drug-likeness (QED) is 0.804. The predicted molar refractivity (Wildman–Crippen MR) is 74.1 cm³/mol. The molecule has 4 nitrogen and oxygen atoms in total. The molecule has 1 atom stereocenters. The normalized spacial score (nSPS) is 12.7. The number of rotatable bonds is 3. The van der Waals surface area contributed by atoms with Crippen LogP contribution in [-0.2, 0) is 4.74 Å². The Hall–Kier alpha value is -1.98. The first-order chi connectivity index (χ1) is 9.53. The molecule has 0 saturated carbocycles. The molecule has 6 heteroatoms. The average molecular weight is 299 g/mol. The summed E-state index contributed by atoms with van der Waals surface area (Å²) in [7, 11) is 1.41. The number of ether oxygens (including phenoxy) is 1. The van der Waals surface area contributed by atoms with Crippen molar-refractivity contribution >= 4 is 11.9 Å². The van der Waals surface area contributed by atoms with Gasteiger partial charge in [0.05, 0.1) is 6.04 Å². The van der Waals surface area contributed by atoms with Crippen LogP contribution in [0.25, 0.3) is 0 Å². The summed E-state index contributed by atoms with van der Waals surface area (Å²) in [6.07, 6.45) is -0.661. The Balaban J connectivity index is 2.86. The maximum absolute atomic E-state index is 13.2. The highest BCUT2D eigenvalue weighted by atomic mass is 19.2. The van der Waals surface area contributed by atoms with Gasteiger partial charge in [-0.1, -0.05) is 0 Å². The van der Waals surface area contributed by atoms with E-state index in [9.17, 15) is 18.4 Å². The number of likely N-dealkylation sites (N-methyl/N-ethyl adjacent to an activating group) is 1. The van der Waals surface area contributed by atoms with Crippen molar-refractivity contribution in [1.82, 2.24) is 4.90 Å². The molecule has 1 aromatic rings. The Morgan fingerprint density at radius 2 is 1.76 bits per heavy atom. The zero-order chi connectivity index (χ0) is 16.4. The molecule has 0 radical (unpaired) electrons. The molecule has 1 rings (SSSR count). The van der Waals surface area contributed by atoms with Gasteiger partial charge in [0.1, 0.15) is 5.60 Å². The lowest BCUT2D eigenvalue weighted by atomic mass is 10.0. The van der Waals surface area contributed by atoms with Crippen LogP contribution in [0.2, 0.25) is 0 Å². The number of carbonyl (C=O) groups is 2. The van der Waals surface area contributed by atoms with Crippen LogP contribution in [0.5, 0.6) is 0 Å². The number of ketones is 1. The SMILES string of the molecule is CC(C(=O)c1ccc(F)c(F)c1)N(C)C(=O)OC(C)(C)C.